The van der Waals surface area contributed by atoms with E-state index in [1.807, 2.05) is 0 Å². The Morgan fingerprint density at radius 2 is 1.86 bits per heavy atom. The van der Waals surface area contributed by atoms with Crippen LogP contribution in [-0.4, -0.2) is 48.4 Å². The zero-order chi connectivity index (χ0) is 21.2. The molecule has 0 aliphatic rings. The van der Waals surface area contributed by atoms with Crippen molar-refractivity contribution in [3.63, 3.8) is 0 Å². The molecule has 0 unspecified atom stereocenters. The van der Waals surface area contributed by atoms with Crippen LogP contribution >= 0.6 is 11.6 Å². The molecule has 1 aromatic carbocycles. The van der Waals surface area contributed by atoms with Gasteiger partial charge in [0.2, 0.25) is 0 Å². The van der Waals surface area contributed by atoms with Crippen LogP contribution in [0.3, 0.4) is 0 Å². The van der Waals surface area contributed by atoms with Crippen LogP contribution in [0.15, 0.2) is 42.6 Å². The van der Waals surface area contributed by atoms with Gasteiger partial charge in [-0.25, -0.2) is 0 Å². The molecule has 29 heavy (non-hydrogen) atoms. The summed E-state index contributed by atoms with van der Waals surface area (Å²) in [6.45, 7) is 1.30. The summed E-state index contributed by atoms with van der Waals surface area (Å²) < 4.78 is 4.81. The maximum atomic E-state index is 11.9. The number of hydrogen-bond acceptors (Lipinski definition) is 6. The number of carbonyl (C=O) groups excluding carboxylic acids is 4. The van der Waals surface area contributed by atoms with Gasteiger partial charge < -0.3 is 20.7 Å². The van der Waals surface area contributed by atoms with Gasteiger partial charge in [0.15, 0.2) is 6.61 Å². The van der Waals surface area contributed by atoms with E-state index in [2.05, 4.69) is 20.9 Å². The standard InChI is InChI=1S/C19H19ClN4O5/c1-2-21-18(27)12-4-3-5-14(8-12)24-16(25)11-29-17(26)10-23-19(28)15-9-13(20)6-7-22-15/h3-9H,2,10-11H2,1H3,(H,21,27)(H,23,28)(H,24,25). The lowest BCUT2D eigenvalue weighted by molar-refractivity contribution is -0.146. The van der Waals surface area contributed by atoms with Gasteiger partial charge in [-0.05, 0) is 37.3 Å². The lowest BCUT2D eigenvalue weighted by atomic mass is 10.2. The Kier molecular flexibility index (Phi) is 8.11. The van der Waals surface area contributed by atoms with Crippen molar-refractivity contribution in [1.29, 1.82) is 0 Å². The predicted molar refractivity (Wildman–Crippen MR) is 106 cm³/mol. The number of benzene rings is 1. The van der Waals surface area contributed by atoms with E-state index in [-0.39, 0.29) is 11.6 Å². The van der Waals surface area contributed by atoms with Crippen LogP contribution in [0.2, 0.25) is 5.02 Å². The van der Waals surface area contributed by atoms with Crippen LogP contribution in [0, 0.1) is 0 Å². The topological polar surface area (TPSA) is 126 Å². The third-order valence-electron chi connectivity index (χ3n) is 3.46. The summed E-state index contributed by atoms with van der Waals surface area (Å²) in [6, 6.07) is 9.19. The normalized spacial score (nSPS) is 10.0. The van der Waals surface area contributed by atoms with E-state index in [1.54, 1.807) is 25.1 Å². The number of halogens is 1. The summed E-state index contributed by atoms with van der Waals surface area (Å²) in [4.78, 5) is 51.1. The molecule has 0 saturated heterocycles. The summed E-state index contributed by atoms with van der Waals surface area (Å²) in [5.74, 6) is -2.25. The predicted octanol–water partition coefficient (Wildman–Crippen LogP) is 1.40. The number of anilines is 1. The van der Waals surface area contributed by atoms with Gasteiger partial charge in [0.25, 0.3) is 17.7 Å². The molecular formula is C19H19ClN4O5. The third-order valence-corrected chi connectivity index (χ3v) is 3.69. The van der Waals surface area contributed by atoms with Gasteiger partial charge in [-0.3, -0.25) is 24.2 Å². The van der Waals surface area contributed by atoms with Crippen molar-refractivity contribution in [2.75, 3.05) is 25.0 Å². The van der Waals surface area contributed by atoms with Gasteiger partial charge in [0.05, 0.1) is 0 Å². The molecule has 0 fully saturated rings. The second-order valence-electron chi connectivity index (χ2n) is 5.69. The number of nitrogens with one attached hydrogen (secondary N) is 3. The molecule has 0 spiro atoms. The molecule has 3 N–H and O–H groups in total. The summed E-state index contributed by atoms with van der Waals surface area (Å²) in [7, 11) is 0. The van der Waals surface area contributed by atoms with Crippen LogP contribution in [0.25, 0.3) is 0 Å². The zero-order valence-corrected chi connectivity index (χ0v) is 16.3. The van der Waals surface area contributed by atoms with Crippen molar-refractivity contribution < 1.29 is 23.9 Å². The van der Waals surface area contributed by atoms with E-state index >= 15 is 0 Å². The molecule has 0 aliphatic heterocycles. The Morgan fingerprint density at radius 3 is 2.59 bits per heavy atom. The van der Waals surface area contributed by atoms with E-state index in [0.717, 1.165) is 0 Å². The number of hydrogen-bond donors (Lipinski definition) is 3. The molecule has 9 nitrogen and oxygen atoms in total. The molecule has 3 amide bonds. The summed E-state index contributed by atoms with van der Waals surface area (Å²) in [6.07, 6.45) is 1.36. The summed E-state index contributed by atoms with van der Waals surface area (Å²) in [5, 5.41) is 7.83. The van der Waals surface area contributed by atoms with Crippen LogP contribution in [0.4, 0.5) is 5.69 Å². The smallest absolute Gasteiger partial charge is 0.325 e. The van der Waals surface area contributed by atoms with E-state index in [9.17, 15) is 19.2 Å². The number of nitrogens with zero attached hydrogens (tertiary/aromatic N) is 1. The van der Waals surface area contributed by atoms with Gasteiger partial charge >= 0.3 is 5.97 Å². The van der Waals surface area contributed by atoms with Crippen LogP contribution in [0.1, 0.15) is 27.8 Å². The molecule has 1 aromatic heterocycles. The first kappa shape index (κ1) is 21.8. The quantitative estimate of drug-likeness (QED) is 0.556. The lowest BCUT2D eigenvalue weighted by Crippen LogP contribution is -2.32. The number of esters is 1. The number of amides is 3. The summed E-state index contributed by atoms with van der Waals surface area (Å²) in [5.41, 5.74) is 0.823. The van der Waals surface area contributed by atoms with Gasteiger partial charge in [-0.15, -0.1) is 0 Å². The average molecular weight is 419 g/mol. The first-order chi connectivity index (χ1) is 13.9. The molecule has 1 heterocycles. The van der Waals surface area contributed by atoms with Crippen molar-refractivity contribution >= 4 is 41.0 Å². The SMILES string of the molecule is CCNC(=O)c1cccc(NC(=O)COC(=O)CNC(=O)c2cc(Cl)ccn2)c1. The maximum Gasteiger partial charge on any atom is 0.325 e. The second kappa shape index (κ2) is 10.8. The Balaban J connectivity index is 1.77. The molecule has 10 heteroatoms. The molecular weight excluding hydrogens is 400 g/mol. The van der Waals surface area contributed by atoms with Gasteiger partial charge in [0.1, 0.15) is 12.2 Å². The van der Waals surface area contributed by atoms with Crippen LogP contribution in [-0.2, 0) is 14.3 Å². The number of aromatic nitrogens is 1. The molecule has 0 aliphatic carbocycles. The minimum absolute atomic E-state index is 0.0510. The third kappa shape index (κ3) is 7.23. The Labute approximate surface area is 171 Å². The second-order valence-corrected chi connectivity index (χ2v) is 6.13. The number of pyridine rings is 1. The highest BCUT2D eigenvalue weighted by atomic mass is 35.5. The number of carbonyl (C=O) groups is 4. The minimum atomic E-state index is -0.799. The lowest BCUT2D eigenvalue weighted by Gasteiger charge is -2.09. The number of ether oxygens (including phenoxy) is 1. The van der Waals surface area contributed by atoms with Gasteiger partial charge in [-0.1, -0.05) is 17.7 Å². The van der Waals surface area contributed by atoms with Crippen LogP contribution < -0.4 is 16.0 Å². The highest BCUT2D eigenvalue weighted by Gasteiger charge is 2.13. The van der Waals surface area contributed by atoms with E-state index in [1.165, 1.54) is 24.4 Å². The monoisotopic (exact) mass is 418 g/mol. The Hall–Kier alpha value is -3.46. The largest absolute Gasteiger partial charge is 0.454 e. The van der Waals surface area contributed by atoms with E-state index in [4.69, 9.17) is 16.3 Å². The maximum absolute atomic E-state index is 11.9. The fraction of sp³-hybridized carbons (Fsp3) is 0.211. The molecule has 0 atom stereocenters. The van der Waals surface area contributed by atoms with Crippen molar-refractivity contribution in [3.8, 4) is 0 Å². The Morgan fingerprint density at radius 1 is 1.07 bits per heavy atom. The fourth-order valence-corrected chi connectivity index (χ4v) is 2.33. The summed E-state index contributed by atoms with van der Waals surface area (Å²) >= 11 is 5.77. The highest BCUT2D eigenvalue weighted by Crippen LogP contribution is 2.11. The zero-order valence-electron chi connectivity index (χ0n) is 15.5. The van der Waals surface area contributed by atoms with Crippen LogP contribution in [0.5, 0.6) is 0 Å². The minimum Gasteiger partial charge on any atom is -0.454 e. The van der Waals surface area contributed by atoms with E-state index < -0.39 is 30.9 Å². The first-order valence-electron chi connectivity index (χ1n) is 8.62. The van der Waals surface area contributed by atoms with Crippen molar-refractivity contribution in [2.45, 2.75) is 6.92 Å². The molecule has 152 valence electrons. The molecule has 0 bridgehead atoms. The number of rotatable bonds is 8. The van der Waals surface area contributed by atoms with Crippen molar-refractivity contribution in [3.05, 3.63) is 58.9 Å². The van der Waals surface area contributed by atoms with E-state index in [0.29, 0.717) is 22.8 Å². The first-order valence-corrected chi connectivity index (χ1v) is 9.00. The van der Waals surface area contributed by atoms with Gasteiger partial charge in [-0.2, -0.15) is 0 Å². The average Bonchev–Trinajstić information content (AvgIpc) is 2.71. The van der Waals surface area contributed by atoms with Crippen molar-refractivity contribution in [1.82, 2.24) is 15.6 Å². The Bertz CT molecular complexity index is 919. The molecule has 0 radical (unpaired) electrons. The fourth-order valence-electron chi connectivity index (χ4n) is 2.17. The molecule has 2 rings (SSSR count). The van der Waals surface area contributed by atoms with Gasteiger partial charge in [0, 0.05) is 29.0 Å². The molecule has 0 saturated carbocycles. The molecule has 2 aromatic rings. The highest BCUT2D eigenvalue weighted by molar-refractivity contribution is 6.30. The van der Waals surface area contributed by atoms with Crippen molar-refractivity contribution in [2.24, 2.45) is 0 Å².